The maximum absolute atomic E-state index is 12.6. The third kappa shape index (κ3) is 2.38. The molecule has 6 nitrogen and oxygen atoms in total. The zero-order chi connectivity index (χ0) is 17.3. The molecule has 124 valence electrons. The largest absolute Gasteiger partial charge is 0.493 e. The molecule has 3 rings (SSSR count). The third-order valence-electron chi connectivity index (χ3n) is 4.35. The van der Waals surface area contributed by atoms with Crippen molar-refractivity contribution in [1.82, 2.24) is 0 Å². The summed E-state index contributed by atoms with van der Waals surface area (Å²) < 4.78 is 16.4. The Morgan fingerprint density at radius 1 is 1.29 bits per heavy atom. The van der Waals surface area contributed by atoms with Crippen molar-refractivity contribution in [3.8, 4) is 17.6 Å². The molecule has 0 radical (unpaired) electrons. The van der Waals surface area contributed by atoms with Crippen LogP contribution in [0.15, 0.2) is 41.0 Å². The van der Waals surface area contributed by atoms with Crippen molar-refractivity contribution < 1.29 is 19.0 Å². The Hall–Kier alpha value is -2.94. The monoisotopic (exact) mass is 326 g/mol. The number of allylic oxidation sites excluding steroid dienone is 3. The summed E-state index contributed by atoms with van der Waals surface area (Å²) in [6.07, 6.45) is 1.78. The first-order valence-electron chi connectivity index (χ1n) is 7.67. The molecule has 0 saturated carbocycles. The number of rotatable bonds is 3. The van der Waals surface area contributed by atoms with E-state index in [0.29, 0.717) is 41.2 Å². The second kappa shape index (κ2) is 6.28. The molecule has 1 aliphatic heterocycles. The van der Waals surface area contributed by atoms with Crippen LogP contribution in [0.2, 0.25) is 0 Å². The zero-order valence-electron chi connectivity index (χ0n) is 13.6. The predicted molar refractivity (Wildman–Crippen MR) is 86.1 cm³/mol. The summed E-state index contributed by atoms with van der Waals surface area (Å²) in [5, 5.41) is 9.59. The average Bonchev–Trinajstić information content (AvgIpc) is 2.59. The lowest BCUT2D eigenvalue weighted by molar-refractivity contribution is -0.116. The summed E-state index contributed by atoms with van der Waals surface area (Å²) in [6.45, 7) is 0. The first-order chi connectivity index (χ1) is 11.6. The van der Waals surface area contributed by atoms with Crippen molar-refractivity contribution in [3.63, 3.8) is 0 Å². The second-order valence-electron chi connectivity index (χ2n) is 5.62. The molecule has 2 N–H and O–H groups in total. The Kier molecular flexibility index (Phi) is 4.17. The van der Waals surface area contributed by atoms with Gasteiger partial charge >= 0.3 is 0 Å². The van der Waals surface area contributed by atoms with Crippen molar-refractivity contribution in [2.75, 3.05) is 14.2 Å². The number of nitrogens with zero attached hydrogens (tertiary/aromatic N) is 1. The fourth-order valence-corrected chi connectivity index (χ4v) is 3.31. The number of para-hydroxylation sites is 1. The van der Waals surface area contributed by atoms with Crippen LogP contribution < -0.4 is 15.2 Å². The van der Waals surface area contributed by atoms with Gasteiger partial charge in [0.2, 0.25) is 5.88 Å². The molecule has 0 saturated heterocycles. The van der Waals surface area contributed by atoms with Gasteiger partial charge in [-0.1, -0.05) is 12.1 Å². The Morgan fingerprint density at radius 3 is 2.75 bits per heavy atom. The maximum Gasteiger partial charge on any atom is 0.205 e. The molecule has 2 aliphatic rings. The van der Waals surface area contributed by atoms with Gasteiger partial charge in [-0.3, -0.25) is 4.79 Å². The molecule has 1 aromatic rings. The SMILES string of the molecule is COc1cccc([C@@H]2C(C#N)=C(N)OC3=C2C(=O)CCC3)c1OC. The van der Waals surface area contributed by atoms with E-state index in [9.17, 15) is 10.1 Å². The van der Waals surface area contributed by atoms with Gasteiger partial charge in [0.05, 0.1) is 20.1 Å². The molecule has 0 bridgehead atoms. The van der Waals surface area contributed by atoms with Crippen molar-refractivity contribution >= 4 is 5.78 Å². The number of hydrogen-bond acceptors (Lipinski definition) is 6. The maximum atomic E-state index is 12.6. The number of Topliss-reactive ketones (excluding diaryl/α,β-unsaturated/α-hetero) is 1. The highest BCUT2D eigenvalue weighted by Crippen LogP contribution is 2.47. The Labute approximate surface area is 140 Å². The van der Waals surface area contributed by atoms with Crippen molar-refractivity contribution in [2.24, 2.45) is 5.73 Å². The van der Waals surface area contributed by atoms with Gasteiger partial charge < -0.3 is 19.9 Å². The lowest BCUT2D eigenvalue weighted by Gasteiger charge is -2.31. The van der Waals surface area contributed by atoms with Crippen LogP contribution in [-0.2, 0) is 9.53 Å². The van der Waals surface area contributed by atoms with Crippen molar-refractivity contribution in [3.05, 3.63) is 46.6 Å². The van der Waals surface area contributed by atoms with Crippen LogP contribution >= 0.6 is 0 Å². The minimum Gasteiger partial charge on any atom is -0.493 e. The first-order valence-corrected chi connectivity index (χ1v) is 7.67. The van der Waals surface area contributed by atoms with Crippen LogP contribution in [0.4, 0.5) is 0 Å². The molecule has 24 heavy (non-hydrogen) atoms. The van der Waals surface area contributed by atoms with Crippen LogP contribution in [0.1, 0.15) is 30.7 Å². The second-order valence-corrected chi connectivity index (χ2v) is 5.62. The quantitative estimate of drug-likeness (QED) is 0.917. The normalized spacial score (nSPS) is 20.2. The Balaban J connectivity index is 2.26. The van der Waals surface area contributed by atoms with Crippen molar-refractivity contribution in [1.29, 1.82) is 5.26 Å². The highest BCUT2D eigenvalue weighted by atomic mass is 16.5. The van der Waals surface area contributed by atoms with Crippen LogP contribution in [0.5, 0.6) is 11.5 Å². The Bertz CT molecular complexity index is 802. The number of carbonyl (C=O) groups excluding carboxylic acids is 1. The molecular weight excluding hydrogens is 308 g/mol. The van der Waals surface area contributed by atoms with E-state index in [0.717, 1.165) is 6.42 Å². The van der Waals surface area contributed by atoms with E-state index >= 15 is 0 Å². The molecule has 1 aromatic carbocycles. The van der Waals surface area contributed by atoms with E-state index in [-0.39, 0.29) is 17.2 Å². The van der Waals surface area contributed by atoms with Gasteiger partial charge in [-0.15, -0.1) is 0 Å². The summed E-state index contributed by atoms with van der Waals surface area (Å²) in [6, 6.07) is 7.46. The van der Waals surface area contributed by atoms with Crippen molar-refractivity contribution in [2.45, 2.75) is 25.2 Å². The standard InChI is InChI=1S/C18H18N2O4/c1-22-14-8-3-5-10(17(14)23-2)15-11(9-19)18(20)24-13-7-4-6-12(21)16(13)15/h3,5,8,15H,4,6-7,20H2,1-2H3/t15-/m1/s1. The van der Waals surface area contributed by atoms with Crippen LogP contribution in [0.3, 0.4) is 0 Å². The van der Waals surface area contributed by atoms with Gasteiger partial charge in [0.1, 0.15) is 17.4 Å². The van der Waals surface area contributed by atoms with Crippen LogP contribution in [-0.4, -0.2) is 20.0 Å². The molecule has 1 aliphatic carbocycles. The molecule has 0 amide bonds. The molecule has 1 heterocycles. The third-order valence-corrected chi connectivity index (χ3v) is 4.35. The predicted octanol–water partition coefficient (Wildman–Crippen LogP) is 2.52. The summed E-state index contributed by atoms with van der Waals surface area (Å²) in [4.78, 5) is 12.6. The van der Waals surface area contributed by atoms with Gasteiger partial charge in [-0.05, 0) is 12.5 Å². The van der Waals surface area contributed by atoms with Gasteiger partial charge in [0, 0.05) is 24.0 Å². The van der Waals surface area contributed by atoms with Crippen LogP contribution in [0.25, 0.3) is 0 Å². The molecule has 0 aromatic heterocycles. The van der Waals surface area contributed by atoms with Crippen LogP contribution in [0, 0.1) is 11.3 Å². The fourth-order valence-electron chi connectivity index (χ4n) is 3.31. The minimum atomic E-state index is -0.600. The number of methoxy groups -OCH3 is 2. The number of ketones is 1. The van der Waals surface area contributed by atoms with Gasteiger partial charge in [-0.25, -0.2) is 0 Å². The van der Waals surface area contributed by atoms with E-state index in [4.69, 9.17) is 19.9 Å². The smallest absolute Gasteiger partial charge is 0.205 e. The molecule has 0 fully saturated rings. The summed E-state index contributed by atoms with van der Waals surface area (Å²) in [5.74, 6) is 0.988. The first kappa shape index (κ1) is 15.9. The van der Waals surface area contributed by atoms with E-state index in [2.05, 4.69) is 6.07 Å². The minimum absolute atomic E-state index is 0.0219. The summed E-state index contributed by atoms with van der Waals surface area (Å²) >= 11 is 0. The van der Waals surface area contributed by atoms with E-state index in [1.807, 2.05) is 6.07 Å². The van der Waals surface area contributed by atoms with Gasteiger partial charge in [0.25, 0.3) is 0 Å². The number of hydrogen-bond donors (Lipinski definition) is 1. The van der Waals surface area contributed by atoms with Gasteiger partial charge in [0.15, 0.2) is 17.3 Å². The lowest BCUT2D eigenvalue weighted by Crippen LogP contribution is -2.27. The zero-order valence-corrected chi connectivity index (χ0v) is 13.6. The lowest BCUT2D eigenvalue weighted by atomic mass is 9.77. The van der Waals surface area contributed by atoms with E-state index < -0.39 is 5.92 Å². The number of ether oxygens (including phenoxy) is 3. The molecular formula is C18H18N2O4. The number of nitriles is 1. The molecule has 6 heteroatoms. The molecule has 0 spiro atoms. The highest BCUT2D eigenvalue weighted by Gasteiger charge is 2.39. The molecule has 1 atom stereocenters. The summed E-state index contributed by atoms with van der Waals surface area (Å²) in [7, 11) is 3.06. The van der Waals surface area contributed by atoms with E-state index in [1.165, 1.54) is 14.2 Å². The fraction of sp³-hybridized carbons (Fsp3) is 0.333. The topological polar surface area (TPSA) is 94.6 Å². The average molecular weight is 326 g/mol. The summed E-state index contributed by atoms with van der Waals surface area (Å²) in [5.41, 5.74) is 7.33. The van der Waals surface area contributed by atoms with Gasteiger partial charge in [-0.2, -0.15) is 5.26 Å². The van der Waals surface area contributed by atoms with E-state index in [1.54, 1.807) is 12.1 Å². The highest BCUT2D eigenvalue weighted by molar-refractivity contribution is 5.99. The number of benzene rings is 1. The Morgan fingerprint density at radius 2 is 2.08 bits per heavy atom. The number of nitrogens with two attached hydrogens (primary N) is 1. The number of carbonyl (C=O) groups is 1. The molecule has 0 unspecified atom stereocenters.